The summed E-state index contributed by atoms with van der Waals surface area (Å²) < 4.78 is 0. The van der Waals surface area contributed by atoms with Crippen LogP contribution in [-0.2, 0) is 4.79 Å². The number of carbonyl (C=O) groups is 1. The molecule has 1 aliphatic carbocycles. The highest BCUT2D eigenvalue weighted by Gasteiger charge is 2.28. The van der Waals surface area contributed by atoms with Crippen LogP contribution in [0.3, 0.4) is 0 Å². The van der Waals surface area contributed by atoms with Crippen molar-refractivity contribution >= 4 is 17.3 Å². The zero-order valence-electron chi connectivity index (χ0n) is 11.4. The zero-order valence-corrected chi connectivity index (χ0v) is 11.4. The Kier molecular flexibility index (Phi) is 3.56. The van der Waals surface area contributed by atoms with Crippen molar-refractivity contribution in [1.82, 2.24) is 10.2 Å². The van der Waals surface area contributed by atoms with E-state index in [2.05, 4.69) is 26.9 Å². The Morgan fingerprint density at radius 2 is 2.14 bits per heavy atom. The molecule has 1 aliphatic rings. The highest BCUT2D eigenvalue weighted by molar-refractivity contribution is 5.94. The smallest absolute Gasteiger partial charge is 0.243 e. The number of anilines is 2. The van der Waals surface area contributed by atoms with E-state index in [1.54, 1.807) is 30.5 Å². The first-order valence-corrected chi connectivity index (χ1v) is 6.83. The van der Waals surface area contributed by atoms with E-state index in [1.165, 1.54) is 0 Å². The number of H-pyrrole nitrogens is 1. The minimum absolute atomic E-state index is 0.123. The van der Waals surface area contributed by atoms with Gasteiger partial charge in [0.15, 0.2) is 0 Å². The minimum atomic E-state index is -0.123. The number of benzene rings is 1. The van der Waals surface area contributed by atoms with Crippen LogP contribution in [0.25, 0.3) is 0 Å². The Balaban J connectivity index is 1.54. The van der Waals surface area contributed by atoms with Gasteiger partial charge in [0.2, 0.25) is 5.91 Å². The van der Waals surface area contributed by atoms with Gasteiger partial charge in [0.25, 0.3) is 0 Å². The number of nitrogens with zero attached hydrogens (tertiary/aromatic N) is 2. The SMILES string of the molecule is N#Cc1ccc(NCC(=O)Nc2cn[nH]c2C2CC2)cc1. The third-order valence-corrected chi connectivity index (χ3v) is 3.40. The largest absolute Gasteiger partial charge is 0.376 e. The molecule has 0 radical (unpaired) electrons. The quantitative estimate of drug-likeness (QED) is 0.783. The standard InChI is InChI=1S/C15H15N5O/c16-7-10-1-5-12(6-2-10)17-9-14(21)19-13-8-18-20-15(13)11-3-4-11/h1-2,5-6,8,11,17H,3-4,9H2,(H,18,20)(H,19,21). The van der Waals surface area contributed by atoms with E-state index in [0.29, 0.717) is 11.5 Å². The van der Waals surface area contributed by atoms with Gasteiger partial charge >= 0.3 is 0 Å². The summed E-state index contributed by atoms with van der Waals surface area (Å²) in [6, 6.07) is 9.03. The van der Waals surface area contributed by atoms with E-state index >= 15 is 0 Å². The lowest BCUT2D eigenvalue weighted by Gasteiger charge is -2.07. The zero-order chi connectivity index (χ0) is 14.7. The van der Waals surface area contributed by atoms with Gasteiger partial charge in [-0.25, -0.2) is 0 Å². The van der Waals surface area contributed by atoms with E-state index < -0.39 is 0 Å². The molecule has 6 heteroatoms. The predicted octanol–water partition coefficient (Wildman–Crippen LogP) is 2.21. The number of nitrogens with one attached hydrogen (secondary N) is 3. The molecule has 1 fully saturated rings. The van der Waals surface area contributed by atoms with Gasteiger partial charge in [-0.1, -0.05) is 0 Å². The fourth-order valence-corrected chi connectivity index (χ4v) is 2.12. The summed E-state index contributed by atoms with van der Waals surface area (Å²) in [6.07, 6.45) is 3.94. The highest BCUT2D eigenvalue weighted by Crippen LogP contribution is 2.42. The van der Waals surface area contributed by atoms with Crippen molar-refractivity contribution < 1.29 is 4.79 Å². The summed E-state index contributed by atoms with van der Waals surface area (Å²) in [5, 5.41) is 21.5. The average Bonchev–Trinajstić information content (AvgIpc) is 3.26. The van der Waals surface area contributed by atoms with Crippen molar-refractivity contribution in [2.24, 2.45) is 0 Å². The molecular formula is C15H15N5O. The van der Waals surface area contributed by atoms with Gasteiger partial charge in [-0.3, -0.25) is 9.89 Å². The predicted molar refractivity (Wildman–Crippen MR) is 78.8 cm³/mol. The minimum Gasteiger partial charge on any atom is -0.376 e. The number of amides is 1. The van der Waals surface area contributed by atoms with Crippen LogP contribution in [0.15, 0.2) is 30.5 Å². The second-order valence-electron chi connectivity index (χ2n) is 5.06. The van der Waals surface area contributed by atoms with Crippen LogP contribution in [0, 0.1) is 11.3 Å². The molecule has 2 aromatic rings. The van der Waals surface area contributed by atoms with Crippen molar-refractivity contribution in [3.05, 3.63) is 41.7 Å². The van der Waals surface area contributed by atoms with Crippen LogP contribution in [-0.4, -0.2) is 22.6 Å². The van der Waals surface area contributed by atoms with Crippen LogP contribution in [0.5, 0.6) is 0 Å². The maximum Gasteiger partial charge on any atom is 0.243 e. The van der Waals surface area contributed by atoms with Crippen LogP contribution in [0.2, 0.25) is 0 Å². The third-order valence-electron chi connectivity index (χ3n) is 3.40. The van der Waals surface area contributed by atoms with Crippen molar-refractivity contribution in [3.63, 3.8) is 0 Å². The number of aromatic amines is 1. The normalized spacial score (nSPS) is 13.5. The van der Waals surface area contributed by atoms with Gasteiger partial charge in [0.05, 0.1) is 35.8 Å². The van der Waals surface area contributed by atoms with Crippen molar-refractivity contribution in [2.45, 2.75) is 18.8 Å². The summed E-state index contributed by atoms with van der Waals surface area (Å²) >= 11 is 0. The molecule has 1 aromatic heterocycles. The fraction of sp³-hybridized carbons (Fsp3) is 0.267. The van der Waals surface area contributed by atoms with Gasteiger partial charge < -0.3 is 10.6 Å². The maximum atomic E-state index is 11.9. The van der Waals surface area contributed by atoms with Crippen LogP contribution >= 0.6 is 0 Å². The number of hydrogen-bond donors (Lipinski definition) is 3. The lowest BCUT2D eigenvalue weighted by Crippen LogP contribution is -2.22. The van der Waals surface area contributed by atoms with Crippen LogP contribution in [0.1, 0.15) is 30.0 Å². The number of hydrogen-bond acceptors (Lipinski definition) is 4. The molecule has 1 aromatic carbocycles. The number of carbonyl (C=O) groups excluding carboxylic acids is 1. The van der Waals surface area contributed by atoms with E-state index in [1.807, 2.05) is 0 Å². The first kappa shape index (κ1) is 13.2. The Bertz CT molecular complexity index is 679. The van der Waals surface area contributed by atoms with Crippen LogP contribution in [0.4, 0.5) is 11.4 Å². The van der Waals surface area contributed by atoms with E-state index in [9.17, 15) is 4.79 Å². The third kappa shape index (κ3) is 3.20. The summed E-state index contributed by atoms with van der Waals surface area (Å²) in [4.78, 5) is 11.9. The lowest BCUT2D eigenvalue weighted by atomic mass is 10.2. The lowest BCUT2D eigenvalue weighted by molar-refractivity contribution is -0.114. The monoisotopic (exact) mass is 281 g/mol. The molecule has 1 amide bonds. The second-order valence-corrected chi connectivity index (χ2v) is 5.06. The summed E-state index contributed by atoms with van der Waals surface area (Å²) in [5.74, 6) is 0.386. The van der Waals surface area contributed by atoms with Crippen LogP contribution < -0.4 is 10.6 Å². The molecule has 0 aliphatic heterocycles. The average molecular weight is 281 g/mol. The molecule has 3 N–H and O–H groups in total. The van der Waals surface area contributed by atoms with E-state index in [4.69, 9.17) is 5.26 Å². The Labute approximate surface area is 122 Å². The molecular weight excluding hydrogens is 266 g/mol. The van der Waals surface area contributed by atoms with Crippen molar-refractivity contribution in [3.8, 4) is 6.07 Å². The topological polar surface area (TPSA) is 93.6 Å². The molecule has 0 bridgehead atoms. The first-order valence-electron chi connectivity index (χ1n) is 6.83. The van der Waals surface area contributed by atoms with Gasteiger partial charge in [-0.2, -0.15) is 10.4 Å². The van der Waals surface area contributed by atoms with Gasteiger partial charge in [0, 0.05) is 11.6 Å². The molecule has 21 heavy (non-hydrogen) atoms. The molecule has 106 valence electrons. The molecule has 3 rings (SSSR count). The summed E-state index contributed by atoms with van der Waals surface area (Å²) in [7, 11) is 0. The number of rotatable bonds is 5. The molecule has 6 nitrogen and oxygen atoms in total. The highest BCUT2D eigenvalue weighted by atomic mass is 16.1. The van der Waals surface area contributed by atoms with Gasteiger partial charge in [-0.15, -0.1) is 0 Å². The van der Waals surface area contributed by atoms with E-state index in [0.717, 1.165) is 29.9 Å². The van der Waals surface area contributed by atoms with Gasteiger partial charge in [0.1, 0.15) is 0 Å². The molecule has 0 saturated heterocycles. The molecule has 0 unspecified atom stereocenters. The van der Waals surface area contributed by atoms with Crippen molar-refractivity contribution in [1.29, 1.82) is 5.26 Å². The summed E-state index contributed by atoms with van der Waals surface area (Å²) in [6.45, 7) is 0.168. The number of nitriles is 1. The van der Waals surface area contributed by atoms with Gasteiger partial charge in [-0.05, 0) is 37.1 Å². The maximum absolute atomic E-state index is 11.9. The molecule has 1 heterocycles. The second kappa shape index (κ2) is 5.67. The molecule has 0 atom stereocenters. The Morgan fingerprint density at radius 3 is 2.81 bits per heavy atom. The Morgan fingerprint density at radius 1 is 1.38 bits per heavy atom. The number of aromatic nitrogens is 2. The Hall–Kier alpha value is -2.81. The fourth-order valence-electron chi connectivity index (χ4n) is 2.12. The summed E-state index contributed by atoms with van der Waals surface area (Å²) in [5.41, 5.74) is 3.18. The van der Waals surface area contributed by atoms with E-state index in [-0.39, 0.29) is 12.5 Å². The molecule has 1 saturated carbocycles. The molecule has 0 spiro atoms. The first-order chi connectivity index (χ1) is 10.3. The van der Waals surface area contributed by atoms with Crippen molar-refractivity contribution in [2.75, 3.05) is 17.2 Å².